The maximum absolute atomic E-state index is 10.5. The number of aliphatic carboxylic acids is 1. The Balaban J connectivity index is 0.00000103. The topological polar surface area (TPSA) is 74.3 Å². The Kier molecular flexibility index (Phi) is 8.32. The molecule has 0 atom stereocenters. The van der Waals surface area contributed by atoms with Crippen molar-refractivity contribution in [3.05, 3.63) is 49.1 Å². The first-order valence-corrected chi connectivity index (χ1v) is 5.32. The Hall–Kier alpha value is -1.79. The molecule has 2 aromatic rings. The molecule has 19 heavy (non-hydrogen) atoms. The molecule has 2 aromatic heterocycles. The Labute approximate surface area is 122 Å². The molecule has 0 radical (unpaired) electrons. The van der Waals surface area contributed by atoms with Crippen LogP contribution in [0.3, 0.4) is 0 Å². The summed E-state index contributed by atoms with van der Waals surface area (Å²) < 4.78 is 1.62. The van der Waals surface area contributed by atoms with E-state index in [4.69, 9.17) is 10.2 Å². The van der Waals surface area contributed by atoms with Crippen LogP contribution in [0.4, 0.5) is 0 Å². The number of nitrogens with zero attached hydrogens (tertiary/aromatic N) is 2. The first kappa shape index (κ1) is 17.2. The molecule has 0 aliphatic carbocycles. The number of hydrogen-bond donors (Lipinski definition) is 2. The van der Waals surface area contributed by atoms with Gasteiger partial charge in [0, 0.05) is 31.6 Å². The predicted octanol–water partition coefficient (Wildman–Crippen LogP) is -2.27. The molecule has 0 aliphatic rings. The van der Waals surface area contributed by atoms with Gasteiger partial charge in [-0.2, -0.15) is 4.57 Å². The van der Waals surface area contributed by atoms with E-state index in [1.54, 1.807) is 29.4 Å². The van der Waals surface area contributed by atoms with E-state index in [-0.39, 0.29) is 23.5 Å². The number of carbonyl (C=O) groups is 1. The van der Waals surface area contributed by atoms with Gasteiger partial charge in [-0.1, -0.05) is 0 Å². The molecular weight excluding hydrogens is 312 g/mol. The van der Waals surface area contributed by atoms with Gasteiger partial charge in [-0.15, -0.1) is 0 Å². The molecule has 102 valence electrons. The number of aliphatic hydroxyl groups is 1. The van der Waals surface area contributed by atoms with Crippen molar-refractivity contribution in [2.75, 3.05) is 7.11 Å². The normalized spacial score (nSPS) is 8.74. The summed E-state index contributed by atoms with van der Waals surface area (Å²) in [6.07, 6.45) is 6.97. The number of hydrogen-bond acceptors (Lipinski definition) is 3. The number of rotatable bonds is 3. The van der Waals surface area contributed by atoms with Crippen molar-refractivity contribution in [3.8, 4) is 11.1 Å². The van der Waals surface area contributed by atoms with Gasteiger partial charge in [0.1, 0.15) is 0 Å². The van der Waals surface area contributed by atoms with Gasteiger partial charge in [0.05, 0.1) is 0 Å². The smallest absolute Gasteiger partial charge is 0.370 e. The summed E-state index contributed by atoms with van der Waals surface area (Å²) in [5, 5.41) is 15.6. The number of halogens is 1. The van der Waals surface area contributed by atoms with Crippen molar-refractivity contribution in [1.29, 1.82) is 0 Å². The number of aliphatic hydroxyl groups excluding tert-OH is 1. The van der Waals surface area contributed by atoms with Gasteiger partial charge in [0.15, 0.2) is 12.4 Å². The van der Waals surface area contributed by atoms with Crippen LogP contribution in [0.5, 0.6) is 0 Å². The summed E-state index contributed by atoms with van der Waals surface area (Å²) >= 11 is 0. The van der Waals surface area contributed by atoms with Gasteiger partial charge < -0.3 is 27.2 Å². The third-order valence-electron chi connectivity index (χ3n) is 2.22. The fourth-order valence-electron chi connectivity index (χ4n) is 1.46. The number of aromatic nitrogens is 2. The zero-order valence-electron chi connectivity index (χ0n) is 10.4. The van der Waals surface area contributed by atoms with E-state index >= 15 is 0 Å². The number of pyridine rings is 2. The quantitative estimate of drug-likeness (QED) is 0.624. The molecule has 0 aliphatic heterocycles. The Bertz CT molecular complexity index is 489. The molecular formula is C13H15BrN2O3. The zero-order chi connectivity index (χ0) is 13.4. The molecule has 0 saturated heterocycles. The van der Waals surface area contributed by atoms with Gasteiger partial charge in [0.25, 0.3) is 0 Å². The van der Waals surface area contributed by atoms with Crippen molar-refractivity contribution in [3.63, 3.8) is 0 Å². The molecule has 2 rings (SSSR count). The molecule has 6 heteroatoms. The summed E-state index contributed by atoms with van der Waals surface area (Å²) in [5.74, 6) is -0.846. The molecule has 2 N–H and O–H groups in total. The molecule has 5 nitrogen and oxygen atoms in total. The van der Waals surface area contributed by atoms with Crippen LogP contribution >= 0.6 is 0 Å². The second kappa shape index (κ2) is 9.18. The van der Waals surface area contributed by atoms with Crippen LogP contribution < -0.4 is 21.5 Å². The summed E-state index contributed by atoms with van der Waals surface area (Å²) in [6.45, 7) is -0.0172. The number of carboxylic acid groups (broad SMARTS) is 1. The van der Waals surface area contributed by atoms with Crippen LogP contribution in [-0.4, -0.2) is 28.3 Å². The molecule has 0 amide bonds. The first-order valence-electron chi connectivity index (χ1n) is 5.32. The van der Waals surface area contributed by atoms with E-state index in [0.29, 0.717) is 0 Å². The molecule has 0 aromatic carbocycles. The van der Waals surface area contributed by atoms with E-state index in [1.807, 2.05) is 24.3 Å². The van der Waals surface area contributed by atoms with E-state index in [9.17, 15) is 4.79 Å². The molecule has 0 unspecified atom stereocenters. The van der Waals surface area contributed by atoms with Crippen molar-refractivity contribution in [2.24, 2.45) is 0 Å². The minimum Gasteiger partial charge on any atom is -1.00 e. The van der Waals surface area contributed by atoms with E-state index in [0.717, 1.165) is 18.2 Å². The van der Waals surface area contributed by atoms with Crippen LogP contribution in [0.25, 0.3) is 11.1 Å². The summed E-state index contributed by atoms with van der Waals surface area (Å²) in [4.78, 5) is 14.4. The summed E-state index contributed by atoms with van der Waals surface area (Å²) in [6, 6.07) is 7.60. The van der Waals surface area contributed by atoms with Crippen molar-refractivity contribution in [2.45, 2.75) is 6.54 Å². The fraction of sp³-hybridized carbons (Fsp3) is 0.154. The number of carboxylic acids is 1. The lowest BCUT2D eigenvalue weighted by atomic mass is 10.1. The molecule has 2 heterocycles. The second-order valence-corrected chi connectivity index (χ2v) is 3.39. The average Bonchev–Trinajstić information content (AvgIpc) is 2.42. The van der Waals surface area contributed by atoms with E-state index in [1.165, 1.54) is 0 Å². The highest BCUT2D eigenvalue weighted by molar-refractivity contribution is 5.65. The Morgan fingerprint density at radius 2 is 1.58 bits per heavy atom. The lowest BCUT2D eigenvalue weighted by molar-refractivity contribution is -0.685. The van der Waals surface area contributed by atoms with Crippen LogP contribution in [0.2, 0.25) is 0 Å². The fourth-order valence-corrected chi connectivity index (χ4v) is 1.46. The highest BCUT2D eigenvalue weighted by atomic mass is 79.9. The minimum absolute atomic E-state index is 0. The first-order chi connectivity index (χ1) is 8.75. The molecule has 0 fully saturated rings. The van der Waals surface area contributed by atoms with Gasteiger partial charge in [0.2, 0.25) is 6.54 Å². The maximum Gasteiger partial charge on any atom is 0.370 e. The predicted molar refractivity (Wildman–Crippen MR) is 65.6 cm³/mol. The third-order valence-corrected chi connectivity index (χ3v) is 2.22. The van der Waals surface area contributed by atoms with Gasteiger partial charge >= 0.3 is 5.97 Å². The minimum atomic E-state index is -0.846. The lowest BCUT2D eigenvalue weighted by Crippen LogP contribution is -3.00. The summed E-state index contributed by atoms with van der Waals surface area (Å²) in [5.41, 5.74) is 2.11. The van der Waals surface area contributed by atoms with Crippen molar-refractivity contribution in [1.82, 2.24) is 4.98 Å². The highest BCUT2D eigenvalue weighted by Crippen LogP contribution is 2.15. The van der Waals surface area contributed by atoms with Crippen molar-refractivity contribution < 1.29 is 36.6 Å². The van der Waals surface area contributed by atoms with E-state index in [2.05, 4.69) is 4.98 Å². The third kappa shape index (κ3) is 5.58. The Morgan fingerprint density at radius 3 is 2.05 bits per heavy atom. The largest absolute Gasteiger partial charge is 1.00 e. The van der Waals surface area contributed by atoms with E-state index < -0.39 is 5.97 Å². The SMILES string of the molecule is CO.O=C(O)C[n+]1ccc(-c2ccncc2)cc1.[Br-]. The zero-order valence-corrected chi connectivity index (χ0v) is 12.0. The molecule has 0 saturated carbocycles. The maximum atomic E-state index is 10.5. The van der Waals surface area contributed by atoms with Crippen LogP contribution in [0, 0.1) is 0 Å². The molecule has 0 bridgehead atoms. The van der Waals surface area contributed by atoms with Crippen LogP contribution in [-0.2, 0) is 11.3 Å². The van der Waals surface area contributed by atoms with Crippen molar-refractivity contribution >= 4 is 5.97 Å². The lowest BCUT2D eigenvalue weighted by Gasteiger charge is -1.99. The van der Waals surface area contributed by atoms with Gasteiger partial charge in [-0.25, -0.2) is 4.79 Å². The molecule has 0 spiro atoms. The standard InChI is InChI=1S/C12H10N2O2.CH4O.BrH/c15-12(16)9-14-7-3-11(4-8-14)10-1-5-13-6-2-10;1-2;/h1-8H,9H2;2H,1H3;1H. The highest BCUT2D eigenvalue weighted by Gasteiger charge is 2.06. The Morgan fingerprint density at radius 1 is 1.11 bits per heavy atom. The summed E-state index contributed by atoms with van der Waals surface area (Å²) in [7, 11) is 1.00. The van der Waals surface area contributed by atoms with Gasteiger partial charge in [-0.05, 0) is 23.3 Å². The van der Waals surface area contributed by atoms with Crippen LogP contribution in [0.15, 0.2) is 49.1 Å². The monoisotopic (exact) mass is 326 g/mol. The van der Waals surface area contributed by atoms with Crippen LogP contribution in [0.1, 0.15) is 0 Å². The second-order valence-electron chi connectivity index (χ2n) is 3.39. The average molecular weight is 327 g/mol. The van der Waals surface area contributed by atoms with Gasteiger partial charge in [-0.3, -0.25) is 4.98 Å².